The first-order chi connectivity index (χ1) is 6.93. The van der Waals surface area contributed by atoms with Gasteiger partial charge in [0.25, 0.3) is 0 Å². The van der Waals surface area contributed by atoms with E-state index in [-0.39, 0.29) is 11.5 Å². The Morgan fingerprint density at radius 1 is 1.33 bits per heavy atom. The topological polar surface area (TPSA) is 52.6 Å². The molecule has 1 rings (SSSR count). The number of carbonyl (C=O) groups is 1. The maximum atomic E-state index is 11.3. The van der Waals surface area contributed by atoms with Gasteiger partial charge in [-0.25, -0.2) is 0 Å². The van der Waals surface area contributed by atoms with E-state index in [1.165, 1.54) is 0 Å². The zero-order chi connectivity index (χ0) is 11.5. The molecule has 1 unspecified atom stereocenters. The summed E-state index contributed by atoms with van der Waals surface area (Å²) in [5.74, 6) is -0.704. The van der Waals surface area contributed by atoms with Crippen LogP contribution < -0.4 is 5.32 Å². The summed E-state index contributed by atoms with van der Waals surface area (Å²) in [7, 11) is 0. The number of aliphatic carboxylic acids is 1. The Balaban J connectivity index is 2.74. The Kier molecular flexibility index (Phi) is 4.11. The molecule has 0 aromatic heterocycles. The van der Waals surface area contributed by atoms with Crippen LogP contribution in [0.1, 0.15) is 27.2 Å². The van der Waals surface area contributed by atoms with E-state index < -0.39 is 5.97 Å². The number of hydrogen-bond donors (Lipinski definition) is 2. The molecule has 0 spiro atoms. The fourth-order valence-electron chi connectivity index (χ4n) is 2.20. The van der Waals surface area contributed by atoms with Crippen LogP contribution in [0.25, 0.3) is 0 Å². The second-order valence-electron chi connectivity index (χ2n) is 5.25. The van der Waals surface area contributed by atoms with Crippen molar-refractivity contribution in [2.24, 2.45) is 5.41 Å². The van der Waals surface area contributed by atoms with Crippen molar-refractivity contribution in [3.05, 3.63) is 0 Å². The average Bonchev–Trinajstić information content (AvgIpc) is 2.29. The zero-order valence-corrected chi connectivity index (χ0v) is 9.92. The Labute approximate surface area is 91.6 Å². The lowest BCUT2D eigenvalue weighted by Gasteiger charge is -2.36. The summed E-state index contributed by atoms with van der Waals surface area (Å²) in [5.41, 5.74) is -0.212. The molecule has 0 aromatic rings. The highest BCUT2D eigenvalue weighted by Crippen LogP contribution is 2.25. The second kappa shape index (κ2) is 4.94. The normalized spacial score (nSPS) is 22.1. The van der Waals surface area contributed by atoms with Gasteiger partial charge >= 0.3 is 5.97 Å². The van der Waals surface area contributed by atoms with Gasteiger partial charge in [0.15, 0.2) is 0 Å². The third kappa shape index (κ3) is 3.47. The fourth-order valence-corrected chi connectivity index (χ4v) is 2.20. The highest BCUT2D eigenvalue weighted by atomic mass is 16.4. The Hall–Kier alpha value is -0.610. The first kappa shape index (κ1) is 12.5. The summed E-state index contributed by atoms with van der Waals surface area (Å²) in [4.78, 5) is 13.4. The smallest absolute Gasteiger partial charge is 0.321 e. The highest BCUT2D eigenvalue weighted by molar-refractivity contribution is 5.74. The van der Waals surface area contributed by atoms with Crippen molar-refractivity contribution >= 4 is 5.97 Å². The molecule has 0 saturated carbocycles. The molecule has 0 aromatic carbocycles. The number of carboxylic acids is 1. The minimum Gasteiger partial charge on any atom is -0.480 e. The van der Waals surface area contributed by atoms with Crippen LogP contribution in [0.15, 0.2) is 0 Å². The summed E-state index contributed by atoms with van der Waals surface area (Å²) >= 11 is 0. The van der Waals surface area contributed by atoms with Crippen molar-refractivity contribution < 1.29 is 9.90 Å². The summed E-state index contributed by atoms with van der Waals surface area (Å²) in [6.45, 7) is 9.56. The van der Waals surface area contributed by atoms with E-state index in [1.807, 2.05) is 20.8 Å². The molecule has 1 aliphatic rings. The van der Waals surface area contributed by atoms with E-state index in [2.05, 4.69) is 10.2 Å². The third-order valence-corrected chi connectivity index (χ3v) is 2.79. The summed E-state index contributed by atoms with van der Waals surface area (Å²) in [5, 5.41) is 12.6. The lowest BCUT2D eigenvalue weighted by Crippen LogP contribution is -2.50. The van der Waals surface area contributed by atoms with Gasteiger partial charge in [0, 0.05) is 19.6 Å². The largest absolute Gasteiger partial charge is 0.480 e. The van der Waals surface area contributed by atoms with E-state index in [0.29, 0.717) is 0 Å². The molecular weight excluding hydrogens is 192 g/mol. The molecule has 15 heavy (non-hydrogen) atoms. The van der Waals surface area contributed by atoms with Crippen LogP contribution in [0.5, 0.6) is 0 Å². The van der Waals surface area contributed by atoms with E-state index in [1.54, 1.807) is 0 Å². The van der Waals surface area contributed by atoms with Crippen LogP contribution in [0, 0.1) is 5.41 Å². The molecule has 0 amide bonds. The van der Waals surface area contributed by atoms with Gasteiger partial charge in [0.2, 0.25) is 0 Å². The molecule has 0 aliphatic carbocycles. The summed E-state index contributed by atoms with van der Waals surface area (Å²) in [6.07, 6.45) is 1.03. The standard InChI is InChI=1S/C11H22N2O2/c1-11(2,3)9(10(14)15)13-7-4-5-12-6-8-13/h9,12H,4-8H2,1-3H3,(H,14,15). The number of carboxylic acid groups (broad SMARTS) is 1. The molecule has 88 valence electrons. The lowest BCUT2D eigenvalue weighted by atomic mass is 9.85. The van der Waals surface area contributed by atoms with Gasteiger partial charge < -0.3 is 10.4 Å². The fraction of sp³-hybridized carbons (Fsp3) is 0.909. The molecule has 1 saturated heterocycles. The van der Waals surface area contributed by atoms with Gasteiger partial charge in [-0.05, 0) is 18.4 Å². The first-order valence-corrected chi connectivity index (χ1v) is 5.60. The van der Waals surface area contributed by atoms with E-state index in [4.69, 9.17) is 0 Å². The molecule has 0 bridgehead atoms. The van der Waals surface area contributed by atoms with Crippen LogP contribution in [0.4, 0.5) is 0 Å². The molecule has 4 heteroatoms. The van der Waals surface area contributed by atoms with Gasteiger partial charge in [0.1, 0.15) is 6.04 Å². The molecule has 2 N–H and O–H groups in total. The van der Waals surface area contributed by atoms with Crippen molar-refractivity contribution in [2.75, 3.05) is 26.2 Å². The van der Waals surface area contributed by atoms with Crippen LogP contribution in [-0.2, 0) is 4.79 Å². The lowest BCUT2D eigenvalue weighted by molar-refractivity contribution is -0.147. The van der Waals surface area contributed by atoms with E-state index >= 15 is 0 Å². The SMILES string of the molecule is CC(C)(C)C(C(=O)O)N1CCCNCC1. The van der Waals surface area contributed by atoms with Gasteiger partial charge in [-0.15, -0.1) is 0 Å². The maximum absolute atomic E-state index is 11.3. The second-order valence-corrected chi connectivity index (χ2v) is 5.25. The molecular formula is C11H22N2O2. The van der Waals surface area contributed by atoms with Gasteiger partial charge in [-0.1, -0.05) is 20.8 Å². The summed E-state index contributed by atoms with van der Waals surface area (Å²) < 4.78 is 0. The van der Waals surface area contributed by atoms with Crippen LogP contribution in [-0.4, -0.2) is 48.2 Å². The molecule has 1 atom stereocenters. The van der Waals surface area contributed by atoms with Crippen molar-refractivity contribution in [2.45, 2.75) is 33.2 Å². The third-order valence-electron chi connectivity index (χ3n) is 2.79. The Morgan fingerprint density at radius 2 is 2.00 bits per heavy atom. The zero-order valence-electron chi connectivity index (χ0n) is 9.92. The number of nitrogens with zero attached hydrogens (tertiary/aromatic N) is 1. The minimum atomic E-state index is -0.704. The van der Waals surface area contributed by atoms with Crippen LogP contribution in [0.3, 0.4) is 0 Å². The number of rotatable bonds is 2. The van der Waals surface area contributed by atoms with Crippen LogP contribution in [0.2, 0.25) is 0 Å². The monoisotopic (exact) mass is 214 g/mol. The van der Waals surface area contributed by atoms with Crippen molar-refractivity contribution in [1.82, 2.24) is 10.2 Å². The van der Waals surface area contributed by atoms with Crippen molar-refractivity contribution in [1.29, 1.82) is 0 Å². The van der Waals surface area contributed by atoms with Gasteiger partial charge in [-0.2, -0.15) is 0 Å². The predicted octanol–water partition coefficient (Wildman–Crippen LogP) is 0.781. The molecule has 1 fully saturated rings. The molecule has 4 nitrogen and oxygen atoms in total. The Bertz CT molecular complexity index is 215. The van der Waals surface area contributed by atoms with Gasteiger partial charge in [-0.3, -0.25) is 9.69 Å². The average molecular weight is 214 g/mol. The molecule has 1 heterocycles. The molecule has 0 radical (unpaired) electrons. The maximum Gasteiger partial charge on any atom is 0.321 e. The Morgan fingerprint density at radius 3 is 2.53 bits per heavy atom. The van der Waals surface area contributed by atoms with E-state index in [0.717, 1.165) is 32.6 Å². The van der Waals surface area contributed by atoms with Gasteiger partial charge in [0.05, 0.1) is 0 Å². The quantitative estimate of drug-likeness (QED) is 0.713. The first-order valence-electron chi connectivity index (χ1n) is 5.60. The van der Waals surface area contributed by atoms with Crippen LogP contribution >= 0.6 is 0 Å². The summed E-state index contributed by atoms with van der Waals surface area (Å²) in [6, 6.07) is -0.377. The number of hydrogen-bond acceptors (Lipinski definition) is 3. The predicted molar refractivity (Wildman–Crippen MR) is 59.9 cm³/mol. The minimum absolute atomic E-state index is 0.212. The highest BCUT2D eigenvalue weighted by Gasteiger charge is 2.36. The molecule has 1 aliphatic heterocycles. The van der Waals surface area contributed by atoms with Crippen molar-refractivity contribution in [3.63, 3.8) is 0 Å². The number of nitrogens with one attached hydrogen (secondary N) is 1. The van der Waals surface area contributed by atoms with E-state index in [9.17, 15) is 9.90 Å². The van der Waals surface area contributed by atoms with Crippen molar-refractivity contribution in [3.8, 4) is 0 Å².